The summed E-state index contributed by atoms with van der Waals surface area (Å²) in [7, 11) is 0. The van der Waals surface area contributed by atoms with Crippen molar-refractivity contribution >= 4 is 11.6 Å². The average Bonchev–Trinajstić information content (AvgIpc) is 2.55. The SMILES string of the molecule is FC(F)(F)c1ccc(-c2ccnc(Nc3ccccc3)n2)cc1. The number of aromatic nitrogens is 2. The summed E-state index contributed by atoms with van der Waals surface area (Å²) in [5.41, 5.74) is 1.29. The van der Waals surface area contributed by atoms with Crippen LogP contribution in [0.15, 0.2) is 66.9 Å². The zero-order valence-electron chi connectivity index (χ0n) is 11.9. The Morgan fingerprint density at radius 1 is 0.826 bits per heavy atom. The lowest BCUT2D eigenvalue weighted by Crippen LogP contribution is -2.04. The molecule has 116 valence electrons. The van der Waals surface area contributed by atoms with E-state index in [1.807, 2.05) is 30.3 Å². The zero-order valence-corrected chi connectivity index (χ0v) is 11.9. The predicted octanol–water partition coefficient (Wildman–Crippen LogP) is 4.91. The maximum Gasteiger partial charge on any atom is 0.416 e. The Labute approximate surface area is 130 Å². The summed E-state index contributed by atoms with van der Waals surface area (Å²) in [4.78, 5) is 8.44. The first-order valence-electron chi connectivity index (χ1n) is 6.85. The van der Waals surface area contributed by atoms with Gasteiger partial charge in [0.05, 0.1) is 11.3 Å². The van der Waals surface area contributed by atoms with Gasteiger partial charge in [-0.1, -0.05) is 30.3 Å². The van der Waals surface area contributed by atoms with Gasteiger partial charge >= 0.3 is 6.18 Å². The topological polar surface area (TPSA) is 37.8 Å². The van der Waals surface area contributed by atoms with Gasteiger partial charge < -0.3 is 5.32 Å². The van der Waals surface area contributed by atoms with Crippen LogP contribution in [0, 0.1) is 0 Å². The molecule has 0 fully saturated rings. The number of nitrogens with zero attached hydrogens (tertiary/aromatic N) is 2. The minimum atomic E-state index is -4.34. The van der Waals surface area contributed by atoms with E-state index in [1.165, 1.54) is 12.1 Å². The molecular weight excluding hydrogens is 303 g/mol. The summed E-state index contributed by atoms with van der Waals surface area (Å²) < 4.78 is 37.8. The van der Waals surface area contributed by atoms with Gasteiger partial charge in [0.1, 0.15) is 0 Å². The fraction of sp³-hybridized carbons (Fsp3) is 0.0588. The summed E-state index contributed by atoms with van der Waals surface area (Å²) in [5, 5.41) is 3.05. The fourth-order valence-electron chi connectivity index (χ4n) is 2.06. The van der Waals surface area contributed by atoms with Crippen molar-refractivity contribution in [3.8, 4) is 11.3 Å². The first-order chi connectivity index (χ1) is 11.0. The van der Waals surface area contributed by atoms with Gasteiger partial charge in [-0.15, -0.1) is 0 Å². The van der Waals surface area contributed by atoms with Crippen LogP contribution in [0.4, 0.5) is 24.8 Å². The Hall–Kier alpha value is -2.89. The molecule has 3 nitrogen and oxygen atoms in total. The second-order valence-electron chi connectivity index (χ2n) is 4.83. The number of hydrogen-bond donors (Lipinski definition) is 1. The van der Waals surface area contributed by atoms with Gasteiger partial charge in [0.25, 0.3) is 0 Å². The van der Waals surface area contributed by atoms with Crippen LogP contribution >= 0.6 is 0 Å². The highest BCUT2D eigenvalue weighted by atomic mass is 19.4. The summed E-state index contributed by atoms with van der Waals surface area (Å²) in [6, 6.07) is 15.9. The van der Waals surface area contributed by atoms with Crippen LogP contribution in [0.1, 0.15) is 5.56 Å². The fourth-order valence-corrected chi connectivity index (χ4v) is 2.06. The Morgan fingerprint density at radius 2 is 1.52 bits per heavy atom. The largest absolute Gasteiger partial charge is 0.416 e. The van der Waals surface area contributed by atoms with Crippen molar-refractivity contribution in [2.45, 2.75) is 6.18 Å². The van der Waals surface area contributed by atoms with Crippen LogP contribution in [-0.2, 0) is 6.18 Å². The molecule has 0 atom stereocenters. The first-order valence-corrected chi connectivity index (χ1v) is 6.85. The maximum atomic E-state index is 12.6. The molecule has 0 spiro atoms. The highest BCUT2D eigenvalue weighted by molar-refractivity contribution is 5.62. The Morgan fingerprint density at radius 3 is 2.17 bits per heavy atom. The number of rotatable bonds is 3. The van der Waals surface area contributed by atoms with Crippen molar-refractivity contribution < 1.29 is 13.2 Å². The molecule has 0 saturated heterocycles. The third-order valence-corrected chi connectivity index (χ3v) is 3.19. The number of alkyl halides is 3. The number of halogens is 3. The van der Waals surface area contributed by atoms with Gasteiger partial charge in [-0.25, -0.2) is 9.97 Å². The third kappa shape index (κ3) is 3.66. The summed E-state index contributed by atoms with van der Waals surface area (Å²) >= 11 is 0. The molecule has 1 aromatic heterocycles. The molecule has 0 aliphatic carbocycles. The minimum Gasteiger partial charge on any atom is -0.324 e. The Bertz CT molecular complexity index is 784. The molecule has 0 unspecified atom stereocenters. The molecule has 0 amide bonds. The molecule has 0 aliphatic heterocycles. The quantitative estimate of drug-likeness (QED) is 0.746. The summed E-state index contributed by atoms with van der Waals surface area (Å²) in [6.45, 7) is 0. The molecular formula is C17H12F3N3. The van der Waals surface area contributed by atoms with Gasteiger partial charge in [-0.05, 0) is 30.3 Å². The van der Waals surface area contributed by atoms with Crippen LogP contribution in [-0.4, -0.2) is 9.97 Å². The zero-order chi connectivity index (χ0) is 16.3. The molecule has 2 aromatic carbocycles. The van der Waals surface area contributed by atoms with Crippen molar-refractivity contribution in [1.82, 2.24) is 9.97 Å². The number of para-hydroxylation sites is 1. The maximum absolute atomic E-state index is 12.6. The van der Waals surface area contributed by atoms with Crippen molar-refractivity contribution in [2.75, 3.05) is 5.32 Å². The summed E-state index contributed by atoms with van der Waals surface area (Å²) in [6.07, 6.45) is -2.78. The second-order valence-corrected chi connectivity index (χ2v) is 4.83. The normalized spacial score (nSPS) is 11.3. The van der Waals surface area contributed by atoms with Crippen LogP contribution in [0.25, 0.3) is 11.3 Å². The highest BCUT2D eigenvalue weighted by Gasteiger charge is 2.29. The molecule has 0 radical (unpaired) electrons. The molecule has 0 aliphatic rings. The van der Waals surface area contributed by atoms with Crippen LogP contribution < -0.4 is 5.32 Å². The lowest BCUT2D eigenvalue weighted by molar-refractivity contribution is -0.137. The van der Waals surface area contributed by atoms with Gasteiger partial charge in [0.15, 0.2) is 0 Å². The smallest absolute Gasteiger partial charge is 0.324 e. The van der Waals surface area contributed by atoms with Crippen LogP contribution in [0.3, 0.4) is 0 Å². The third-order valence-electron chi connectivity index (χ3n) is 3.19. The van der Waals surface area contributed by atoms with E-state index in [0.717, 1.165) is 17.8 Å². The van der Waals surface area contributed by atoms with E-state index in [-0.39, 0.29) is 0 Å². The van der Waals surface area contributed by atoms with E-state index in [4.69, 9.17) is 0 Å². The van der Waals surface area contributed by atoms with E-state index in [1.54, 1.807) is 12.3 Å². The van der Waals surface area contributed by atoms with E-state index >= 15 is 0 Å². The number of nitrogens with one attached hydrogen (secondary N) is 1. The van der Waals surface area contributed by atoms with Gasteiger partial charge in [-0.3, -0.25) is 0 Å². The lowest BCUT2D eigenvalue weighted by Gasteiger charge is -2.09. The molecule has 0 bridgehead atoms. The number of hydrogen-bond acceptors (Lipinski definition) is 3. The lowest BCUT2D eigenvalue weighted by atomic mass is 10.1. The monoisotopic (exact) mass is 315 g/mol. The van der Waals surface area contributed by atoms with Crippen LogP contribution in [0.2, 0.25) is 0 Å². The second kappa shape index (κ2) is 6.08. The molecule has 3 aromatic rings. The van der Waals surface area contributed by atoms with Crippen molar-refractivity contribution in [1.29, 1.82) is 0 Å². The molecule has 3 rings (SSSR count). The van der Waals surface area contributed by atoms with Crippen molar-refractivity contribution in [3.05, 3.63) is 72.4 Å². The standard InChI is InChI=1S/C17H12F3N3/c18-17(19,20)13-8-6-12(7-9-13)15-10-11-21-16(23-15)22-14-4-2-1-3-5-14/h1-11H,(H,21,22,23). The number of anilines is 2. The van der Waals surface area contributed by atoms with E-state index in [9.17, 15) is 13.2 Å². The Balaban J connectivity index is 1.85. The first kappa shape index (κ1) is 15.0. The summed E-state index contributed by atoms with van der Waals surface area (Å²) in [5.74, 6) is 0.383. The van der Waals surface area contributed by atoms with Gasteiger partial charge in [0, 0.05) is 17.4 Å². The molecule has 6 heteroatoms. The molecule has 1 heterocycles. The molecule has 23 heavy (non-hydrogen) atoms. The predicted molar refractivity (Wildman–Crippen MR) is 82.2 cm³/mol. The van der Waals surface area contributed by atoms with E-state index in [0.29, 0.717) is 17.2 Å². The minimum absolute atomic E-state index is 0.383. The van der Waals surface area contributed by atoms with Crippen LogP contribution in [0.5, 0.6) is 0 Å². The highest BCUT2D eigenvalue weighted by Crippen LogP contribution is 2.30. The van der Waals surface area contributed by atoms with E-state index < -0.39 is 11.7 Å². The van der Waals surface area contributed by atoms with E-state index in [2.05, 4.69) is 15.3 Å². The van der Waals surface area contributed by atoms with Crippen molar-refractivity contribution in [2.24, 2.45) is 0 Å². The average molecular weight is 315 g/mol. The molecule has 1 N–H and O–H groups in total. The number of benzene rings is 2. The van der Waals surface area contributed by atoms with Gasteiger partial charge in [-0.2, -0.15) is 13.2 Å². The van der Waals surface area contributed by atoms with Crippen molar-refractivity contribution in [3.63, 3.8) is 0 Å². The Kier molecular flexibility index (Phi) is 3.97. The molecule has 0 saturated carbocycles. The van der Waals surface area contributed by atoms with Gasteiger partial charge in [0.2, 0.25) is 5.95 Å².